The Kier molecular flexibility index (Phi) is 5.88. The fraction of sp³-hybridized carbons (Fsp3) is 0.364. The van der Waals surface area contributed by atoms with Crippen LogP contribution in [0.4, 0.5) is 5.13 Å². The van der Waals surface area contributed by atoms with E-state index in [1.54, 1.807) is 0 Å². The number of hydrogen-bond donors (Lipinski definition) is 1. The highest BCUT2D eigenvalue weighted by Crippen LogP contribution is 2.32. The lowest BCUT2D eigenvalue weighted by Gasteiger charge is -2.31. The number of thiazole rings is 1. The average molecular weight is 396 g/mol. The minimum atomic E-state index is -0.00447. The Labute approximate surface area is 169 Å². The number of para-hydroxylation sites is 1. The van der Waals surface area contributed by atoms with Crippen LogP contribution in [0.3, 0.4) is 0 Å². The molecule has 0 saturated carbocycles. The molecule has 0 unspecified atom stereocenters. The van der Waals surface area contributed by atoms with E-state index >= 15 is 0 Å². The third-order valence-electron chi connectivity index (χ3n) is 5.15. The number of piperidine rings is 1. The topological polar surface area (TPSA) is 54.5 Å². The number of rotatable bonds is 6. The lowest BCUT2D eigenvalue weighted by Crippen LogP contribution is -2.38. The van der Waals surface area contributed by atoms with Gasteiger partial charge in [-0.3, -0.25) is 9.69 Å². The quantitative estimate of drug-likeness (QED) is 0.667. The highest BCUT2D eigenvalue weighted by atomic mass is 32.1. The Bertz CT molecular complexity index is 933. The Morgan fingerprint density at radius 2 is 1.96 bits per heavy atom. The van der Waals surface area contributed by atoms with Gasteiger partial charge < -0.3 is 10.1 Å². The molecule has 6 heteroatoms. The van der Waals surface area contributed by atoms with Crippen LogP contribution < -0.4 is 10.1 Å². The summed E-state index contributed by atoms with van der Waals surface area (Å²) >= 11 is 1.48. The van der Waals surface area contributed by atoms with E-state index in [1.807, 2.05) is 25.1 Å². The monoisotopic (exact) mass is 395 g/mol. The standard InChI is InChI=1S/C22H25N3O2S/c1-2-27-18-9-6-10-19-21(18)24-22(28-19)23-20(26)15-25-13-11-17(12-14-25)16-7-4-3-5-8-16/h3-10,17H,2,11-15H2,1H3,(H,23,24,26). The van der Waals surface area contributed by atoms with Gasteiger partial charge in [-0.05, 0) is 56.5 Å². The molecular formula is C22H25N3O2S. The molecule has 4 rings (SSSR count). The van der Waals surface area contributed by atoms with Gasteiger partial charge in [0.05, 0.1) is 17.9 Å². The number of benzene rings is 2. The normalized spacial score (nSPS) is 15.6. The second kappa shape index (κ2) is 8.71. The lowest BCUT2D eigenvalue weighted by molar-refractivity contribution is -0.117. The van der Waals surface area contributed by atoms with Gasteiger partial charge in [0.25, 0.3) is 0 Å². The largest absolute Gasteiger partial charge is 0.492 e. The van der Waals surface area contributed by atoms with Crippen LogP contribution in [0.2, 0.25) is 0 Å². The Hall–Kier alpha value is -2.44. The van der Waals surface area contributed by atoms with Gasteiger partial charge in [-0.2, -0.15) is 0 Å². The average Bonchev–Trinajstić information content (AvgIpc) is 3.13. The van der Waals surface area contributed by atoms with Crippen LogP contribution in [0.25, 0.3) is 10.2 Å². The second-order valence-electron chi connectivity index (χ2n) is 7.06. The third-order valence-corrected chi connectivity index (χ3v) is 6.09. The molecule has 3 aromatic rings. The van der Waals surface area contributed by atoms with Gasteiger partial charge in [-0.15, -0.1) is 0 Å². The Morgan fingerprint density at radius 3 is 2.71 bits per heavy atom. The molecule has 2 aromatic carbocycles. The highest BCUT2D eigenvalue weighted by Gasteiger charge is 2.22. The number of anilines is 1. The number of ether oxygens (including phenoxy) is 1. The molecule has 0 bridgehead atoms. The van der Waals surface area contributed by atoms with Crippen molar-refractivity contribution < 1.29 is 9.53 Å². The molecule has 1 fully saturated rings. The van der Waals surface area contributed by atoms with Crippen LogP contribution in [0, 0.1) is 0 Å². The van der Waals surface area contributed by atoms with E-state index in [4.69, 9.17) is 4.74 Å². The molecule has 2 heterocycles. The van der Waals surface area contributed by atoms with Crippen LogP contribution >= 0.6 is 11.3 Å². The number of hydrogen-bond acceptors (Lipinski definition) is 5. The maximum atomic E-state index is 12.5. The summed E-state index contributed by atoms with van der Waals surface area (Å²) in [6.07, 6.45) is 2.19. The zero-order valence-corrected chi connectivity index (χ0v) is 16.9. The zero-order valence-electron chi connectivity index (χ0n) is 16.1. The SMILES string of the molecule is CCOc1cccc2sc(NC(=O)CN3CCC(c4ccccc4)CC3)nc12. The van der Waals surface area contributed by atoms with Crippen molar-refractivity contribution in [2.24, 2.45) is 0 Å². The molecule has 0 atom stereocenters. The van der Waals surface area contributed by atoms with Crippen molar-refractivity contribution in [3.63, 3.8) is 0 Å². The first kappa shape index (κ1) is 18.9. The zero-order chi connectivity index (χ0) is 19.3. The molecule has 146 valence electrons. The third kappa shape index (κ3) is 4.34. The van der Waals surface area contributed by atoms with E-state index in [0.717, 1.165) is 41.9 Å². The summed E-state index contributed by atoms with van der Waals surface area (Å²) < 4.78 is 6.65. The van der Waals surface area contributed by atoms with E-state index in [-0.39, 0.29) is 5.91 Å². The highest BCUT2D eigenvalue weighted by molar-refractivity contribution is 7.22. The van der Waals surface area contributed by atoms with Crippen LogP contribution in [0.15, 0.2) is 48.5 Å². The van der Waals surface area contributed by atoms with Gasteiger partial charge in [-0.25, -0.2) is 4.98 Å². The summed E-state index contributed by atoms with van der Waals surface area (Å²) in [7, 11) is 0. The summed E-state index contributed by atoms with van der Waals surface area (Å²) in [5.74, 6) is 1.36. The summed E-state index contributed by atoms with van der Waals surface area (Å²) in [5.41, 5.74) is 2.22. The smallest absolute Gasteiger partial charge is 0.240 e. The molecule has 0 aliphatic carbocycles. The van der Waals surface area contributed by atoms with Crippen LogP contribution in [-0.4, -0.2) is 42.0 Å². The lowest BCUT2D eigenvalue weighted by atomic mass is 9.89. The van der Waals surface area contributed by atoms with E-state index < -0.39 is 0 Å². The van der Waals surface area contributed by atoms with Crippen LogP contribution in [-0.2, 0) is 4.79 Å². The molecule has 5 nitrogen and oxygen atoms in total. The maximum absolute atomic E-state index is 12.5. The van der Waals surface area contributed by atoms with Crippen LogP contribution in [0.5, 0.6) is 5.75 Å². The van der Waals surface area contributed by atoms with Crippen molar-refractivity contribution in [2.75, 3.05) is 31.6 Å². The molecule has 28 heavy (non-hydrogen) atoms. The predicted octanol–water partition coefficient (Wildman–Crippen LogP) is 4.51. The van der Waals surface area contributed by atoms with E-state index in [1.165, 1.54) is 16.9 Å². The van der Waals surface area contributed by atoms with Gasteiger partial charge in [0, 0.05) is 0 Å². The fourth-order valence-corrected chi connectivity index (χ4v) is 4.66. The minimum absolute atomic E-state index is 0.00447. The van der Waals surface area contributed by atoms with Crippen molar-refractivity contribution in [3.05, 3.63) is 54.1 Å². The Morgan fingerprint density at radius 1 is 1.18 bits per heavy atom. The first-order valence-corrected chi connectivity index (χ1v) is 10.6. The number of nitrogens with one attached hydrogen (secondary N) is 1. The molecule has 1 aliphatic heterocycles. The maximum Gasteiger partial charge on any atom is 0.240 e. The Balaban J connectivity index is 1.33. The molecule has 1 amide bonds. The summed E-state index contributed by atoms with van der Waals surface area (Å²) in [6.45, 7) is 4.85. The summed E-state index contributed by atoms with van der Waals surface area (Å²) in [6, 6.07) is 16.5. The number of nitrogens with zero attached hydrogens (tertiary/aromatic N) is 2. The van der Waals surface area contributed by atoms with Crippen molar-refractivity contribution in [1.82, 2.24) is 9.88 Å². The van der Waals surface area contributed by atoms with Crippen LogP contribution in [0.1, 0.15) is 31.2 Å². The van der Waals surface area contributed by atoms with Gasteiger partial charge >= 0.3 is 0 Å². The number of carbonyl (C=O) groups excluding carboxylic acids is 1. The fourth-order valence-electron chi connectivity index (χ4n) is 3.76. The van der Waals surface area contributed by atoms with Crippen molar-refractivity contribution in [3.8, 4) is 5.75 Å². The van der Waals surface area contributed by atoms with Crippen molar-refractivity contribution in [1.29, 1.82) is 0 Å². The molecule has 1 N–H and O–H groups in total. The number of amides is 1. The van der Waals surface area contributed by atoms with E-state index in [9.17, 15) is 4.79 Å². The van der Waals surface area contributed by atoms with Gasteiger partial charge in [0.1, 0.15) is 11.3 Å². The molecular weight excluding hydrogens is 370 g/mol. The van der Waals surface area contributed by atoms with E-state index in [0.29, 0.717) is 24.2 Å². The number of likely N-dealkylation sites (tertiary alicyclic amines) is 1. The molecule has 1 aromatic heterocycles. The molecule has 1 aliphatic rings. The molecule has 0 radical (unpaired) electrons. The van der Waals surface area contributed by atoms with Gasteiger partial charge in [-0.1, -0.05) is 47.7 Å². The van der Waals surface area contributed by atoms with Crippen molar-refractivity contribution in [2.45, 2.75) is 25.7 Å². The van der Waals surface area contributed by atoms with E-state index in [2.05, 4.69) is 45.5 Å². The molecule has 0 spiro atoms. The summed E-state index contributed by atoms with van der Waals surface area (Å²) in [5, 5.41) is 3.59. The number of aromatic nitrogens is 1. The number of fused-ring (bicyclic) bond motifs is 1. The molecule has 1 saturated heterocycles. The van der Waals surface area contributed by atoms with Gasteiger partial charge in [0.15, 0.2) is 5.13 Å². The number of carbonyl (C=O) groups is 1. The minimum Gasteiger partial charge on any atom is -0.492 e. The first-order chi connectivity index (χ1) is 13.7. The summed E-state index contributed by atoms with van der Waals surface area (Å²) in [4.78, 5) is 19.3. The first-order valence-electron chi connectivity index (χ1n) is 9.82. The predicted molar refractivity (Wildman–Crippen MR) is 114 cm³/mol. The van der Waals surface area contributed by atoms with Crippen molar-refractivity contribution >= 4 is 32.6 Å². The van der Waals surface area contributed by atoms with Gasteiger partial charge in [0.2, 0.25) is 5.91 Å². The second-order valence-corrected chi connectivity index (χ2v) is 8.09.